The van der Waals surface area contributed by atoms with Crippen LogP contribution in [0.4, 0.5) is 0 Å². The van der Waals surface area contributed by atoms with Gasteiger partial charge in [-0.3, -0.25) is 4.57 Å². The molecule has 0 amide bonds. The van der Waals surface area contributed by atoms with Crippen molar-refractivity contribution in [2.75, 3.05) is 0 Å². The van der Waals surface area contributed by atoms with Crippen LogP contribution in [0.3, 0.4) is 0 Å². The molecule has 106 valence electrons. The number of aryl methyl sites for hydroxylation is 1. The summed E-state index contributed by atoms with van der Waals surface area (Å²) in [5, 5.41) is 9.45. The molecule has 1 N–H and O–H groups in total. The van der Waals surface area contributed by atoms with E-state index in [1.165, 1.54) is 0 Å². The SMILES string of the molecule is CCc1nc2cccc(C(=O)O)c2n1-c1cccc(I)c1. The summed E-state index contributed by atoms with van der Waals surface area (Å²) in [6.45, 7) is 2.02. The van der Waals surface area contributed by atoms with Crippen molar-refractivity contribution in [3.05, 3.63) is 57.4 Å². The van der Waals surface area contributed by atoms with Crippen molar-refractivity contribution in [3.63, 3.8) is 0 Å². The third kappa shape index (κ3) is 2.42. The summed E-state index contributed by atoms with van der Waals surface area (Å²) < 4.78 is 3.04. The predicted octanol–water partition coefficient (Wildman–Crippen LogP) is 3.89. The maximum Gasteiger partial charge on any atom is 0.337 e. The number of fused-ring (bicyclic) bond motifs is 1. The number of imidazole rings is 1. The van der Waals surface area contributed by atoms with Crippen LogP contribution >= 0.6 is 22.6 Å². The minimum absolute atomic E-state index is 0.276. The Morgan fingerprint density at radius 2 is 2.05 bits per heavy atom. The molecule has 3 aromatic rings. The van der Waals surface area contributed by atoms with Crippen molar-refractivity contribution in [1.29, 1.82) is 0 Å². The Bertz CT molecular complexity index is 839. The Balaban J connectivity index is 2.42. The first kappa shape index (κ1) is 14.1. The first-order chi connectivity index (χ1) is 10.1. The highest BCUT2D eigenvalue weighted by Gasteiger charge is 2.17. The number of hydrogen-bond donors (Lipinski definition) is 1. The van der Waals surface area contributed by atoms with Gasteiger partial charge < -0.3 is 5.11 Å². The summed E-state index contributed by atoms with van der Waals surface area (Å²) in [5.41, 5.74) is 2.59. The molecule has 1 aromatic heterocycles. The van der Waals surface area contributed by atoms with Crippen molar-refractivity contribution >= 4 is 39.6 Å². The fourth-order valence-corrected chi connectivity index (χ4v) is 3.00. The van der Waals surface area contributed by atoms with Crippen LogP contribution in [0.2, 0.25) is 0 Å². The molecular weight excluding hydrogens is 379 g/mol. The molecule has 4 nitrogen and oxygen atoms in total. The lowest BCUT2D eigenvalue weighted by Crippen LogP contribution is -2.05. The van der Waals surface area contributed by atoms with Gasteiger partial charge >= 0.3 is 5.97 Å². The van der Waals surface area contributed by atoms with Crippen molar-refractivity contribution < 1.29 is 9.90 Å². The number of aromatic nitrogens is 2. The zero-order chi connectivity index (χ0) is 15.0. The largest absolute Gasteiger partial charge is 0.478 e. The van der Waals surface area contributed by atoms with Gasteiger partial charge in [-0.05, 0) is 52.9 Å². The number of nitrogens with zero attached hydrogens (tertiary/aromatic N) is 2. The second-order valence-electron chi connectivity index (χ2n) is 4.68. The Morgan fingerprint density at radius 1 is 1.29 bits per heavy atom. The number of aromatic carboxylic acids is 1. The zero-order valence-electron chi connectivity index (χ0n) is 11.4. The van der Waals surface area contributed by atoms with Gasteiger partial charge in [0.25, 0.3) is 0 Å². The number of carbonyl (C=O) groups is 1. The smallest absolute Gasteiger partial charge is 0.337 e. The standard InChI is InChI=1S/C16H13IN2O2/c1-2-14-18-13-8-4-7-12(16(20)21)15(13)19(14)11-6-3-5-10(17)9-11/h3-9H,2H2,1H3,(H,20,21). The van der Waals surface area contributed by atoms with Crippen LogP contribution in [0.5, 0.6) is 0 Å². The molecule has 0 atom stereocenters. The first-order valence-corrected chi connectivity index (χ1v) is 7.69. The van der Waals surface area contributed by atoms with Crippen LogP contribution in [0.1, 0.15) is 23.1 Å². The second kappa shape index (κ2) is 5.48. The van der Waals surface area contributed by atoms with E-state index in [1.807, 2.05) is 41.8 Å². The molecule has 1 heterocycles. The topological polar surface area (TPSA) is 55.1 Å². The summed E-state index contributed by atoms with van der Waals surface area (Å²) in [6, 6.07) is 13.2. The van der Waals surface area contributed by atoms with E-state index in [0.717, 1.165) is 21.5 Å². The molecule has 0 bridgehead atoms. The molecule has 0 radical (unpaired) electrons. The van der Waals surface area contributed by atoms with Gasteiger partial charge in [0.2, 0.25) is 0 Å². The maximum atomic E-state index is 11.5. The highest BCUT2D eigenvalue weighted by Crippen LogP contribution is 2.26. The van der Waals surface area contributed by atoms with E-state index in [9.17, 15) is 9.90 Å². The Morgan fingerprint density at radius 3 is 2.71 bits per heavy atom. The maximum absolute atomic E-state index is 11.5. The monoisotopic (exact) mass is 392 g/mol. The van der Waals surface area contributed by atoms with Crippen LogP contribution in [0.15, 0.2) is 42.5 Å². The summed E-state index contributed by atoms with van der Waals surface area (Å²) in [5.74, 6) is -0.0734. The Labute approximate surface area is 135 Å². The number of hydrogen-bond acceptors (Lipinski definition) is 2. The zero-order valence-corrected chi connectivity index (χ0v) is 13.5. The highest BCUT2D eigenvalue weighted by molar-refractivity contribution is 14.1. The van der Waals surface area contributed by atoms with E-state index < -0.39 is 5.97 Å². The summed E-state index contributed by atoms with van der Waals surface area (Å²) in [7, 11) is 0. The van der Waals surface area contributed by atoms with E-state index >= 15 is 0 Å². The Hall–Kier alpha value is -1.89. The number of carboxylic acids is 1. The average Bonchev–Trinajstić information content (AvgIpc) is 2.85. The van der Waals surface area contributed by atoms with Crippen LogP contribution in [-0.2, 0) is 6.42 Å². The number of carboxylic acid groups (broad SMARTS) is 1. The molecule has 2 aromatic carbocycles. The number of rotatable bonds is 3. The van der Waals surface area contributed by atoms with E-state index in [2.05, 4.69) is 27.6 Å². The van der Waals surface area contributed by atoms with E-state index in [-0.39, 0.29) is 5.56 Å². The molecule has 0 saturated carbocycles. The van der Waals surface area contributed by atoms with Gasteiger partial charge in [-0.2, -0.15) is 0 Å². The molecule has 0 unspecified atom stereocenters. The molecule has 0 aliphatic carbocycles. The van der Waals surface area contributed by atoms with Crippen molar-refractivity contribution in [3.8, 4) is 5.69 Å². The van der Waals surface area contributed by atoms with Crippen molar-refractivity contribution in [2.45, 2.75) is 13.3 Å². The average molecular weight is 392 g/mol. The number of halogens is 1. The third-order valence-corrected chi connectivity index (χ3v) is 4.03. The van der Waals surface area contributed by atoms with Crippen LogP contribution < -0.4 is 0 Å². The Kier molecular flexibility index (Phi) is 3.67. The quantitative estimate of drug-likeness (QED) is 0.689. The first-order valence-electron chi connectivity index (χ1n) is 6.61. The van der Waals surface area contributed by atoms with Crippen molar-refractivity contribution in [2.24, 2.45) is 0 Å². The molecule has 21 heavy (non-hydrogen) atoms. The lowest BCUT2D eigenvalue weighted by molar-refractivity contribution is 0.0698. The predicted molar refractivity (Wildman–Crippen MR) is 90.1 cm³/mol. The van der Waals surface area contributed by atoms with E-state index in [1.54, 1.807) is 12.1 Å². The molecular formula is C16H13IN2O2. The van der Waals surface area contributed by atoms with Gasteiger partial charge in [0.05, 0.1) is 16.6 Å². The molecule has 5 heteroatoms. The van der Waals surface area contributed by atoms with Crippen LogP contribution in [0.25, 0.3) is 16.7 Å². The third-order valence-electron chi connectivity index (χ3n) is 3.36. The minimum atomic E-state index is -0.935. The number of para-hydroxylation sites is 1. The van der Waals surface area contributed by atoms with Gasteiger partial charge in [-0.25, -0.2) is 9.78 Å². The van der Waals surface area contributed by atoms with Gasteiger partial charge in [0.15, 0.2) is 0 Å². The van der Waals surface area contributed by atoms with Crippen LogP contribution in [0, 0.1) is 3.57 Å². The van der Waals surface area contributed by atoms with Crippen LogP contribution in [-0.4, -0.2) is 20.6 Å². The lowest BCUT2D eigenvalue weighted by atomic mass is 10.1. The fourth-order valence-electron chi connectivity index (χ4n) is 2.48. The minimum Gasteiger partial charge on any atom is -0.478 e. The van der Waals surface area contributed by atoms with Crippen molar-refractivity contribution in [1.82, 2.24) is 9.55 Å². The summed E-state index contributed by atoms with van der Waals surface area (Å²) in [4.78, 5) is 16.1. The van der Waals surface area contributed by atoms with Gasteiger partial charge in [0, 0.05) is 15.7 Å². The van der Waals surface area contributed by atoms with Gasteiger partial charge in [0.1, 0.15) is 5.82 Å². The van der Waals surface area contributed by atoms with Gasteiger partial charge in [-0.15, -0.1) is 0 Å². The van der Waals surface area contributed by atoms with E-state index in [0.29, 0.717) is 11.0 Å². The summed E-state index contributed by atoms with van der Waals surface area (Å²) >= 11 is 2.25. The molecule has 0 saturated heterocycles. The summed E-state index contributed by atoms with van der Waals surface area (Å²) in [6.07, 6.45) is 0.735. The molecule has 3 rings (SSSR count). The number of benzene rings is 2. The highest BCUT2D eigenvalue weighted by atomic mass is 127. The normalized spacial score (nSPS) is 11.0. The van der Waals surface area contributed by atoms with E-state index in [4.69, 9.17) is 0 Å². The molecule has 0 fully saturated rings. The van der Waals surface area contributed by atoms with Gasteiger partial charge in [-0.1, -0.05) is 19.1 Å². The molecule has 0 aliphatic rings. The lowest BCUT2D eigenvalue weighted by Gasteiger charge is -2.10. The molecule has 0 spiro atoms. The fraction of sp³-hybridized carbons (Fsp3) is 0.125. The second-order valence-corrected chi connectivity index (χ2v) is 5.92. The molecule has 0 aliphatic heterocycles.